The Morgan fingerprint density at radius 1 is 1.35 bits per heavy atom. The Kier molecular flexibility index (Phi) is 4.03. The molecular formula is C10H9BrF4O2. The lowest BCUT2D eigenvalue weighted by Gasteiger charge is -2.28. The van der Waals surface area contributed by atoms with Gasteiger partial charge in [-0.05, 0) is 40.5 Å². The lowest BCUT2D eigenvalue weighted by Crippen LogP contribution is -2.37. The summed E-state index contributed by atoms with van der Waals surface area (Å²) in [5, 5.41) is 9.64. The topological polar surface area (TPSA) is 29.5 Å². The van der Waals surface area contributed by atoms with Crippen LogP contribution in [0.3, 0.4) is 0 Å². The summed E-state index contributed by atoms with van der Waals surface area (Å²) in [6.07, 6.45) is 0. The quantitative estimate of drug-likeness (QED) is 0.680. The molecule has 1 atom stereocenters. The van der Waals surface area contributed by atoms with Gasteiger partial charge in [0.25, 0.3) is 0 Å². The first-order valence-corrected chi connectivity index (χ1v) is 5.28. The average Bonchev–Trinajstić information content (AvgIpc) is 2.15. The average molecular weight is 317 g/mol. The first-order valence-electron chi connectivity index (χ1n) is 4.49. The maximum Gasteiger partial charge on any atom is 0.387 e. The van der Waals surface area contributed by atoms with E-state index in [1.54, 1.807) is 0 Å². The van der Waals surface area contributed by atoms with E-state index in [1.165, 1.54) is 18.2 Å². The SMILES string of the molecule is CC(O)(c1cccc(OC(F)F)c1)C(F)(F)Br. The van der Waals surface area contributed by atoms with Crippen molar-refractivity contribution in [3.05, 3.63) is 29.8 Å². The van der Waals surface area contributed by atoms with Crippen LogP contribution >= 0.6 is 15.9 Å². The molecule has 0 heterocycles. The van der Waals surface area contributed by atoms with Crippen LogP contribution in [0.15, 0.2) is 24.3 Å². The summed E-state index contributed by atoms with van der Waals surface area (Å²) in [7, 11) is 0. The van der Waals surface area contributed by atoms with Crippen molar-refractivity contribution >= 4 is 15.9 Å². The molecule has 0 radical (unpaired) electrons. The number of hydrogen-bond donors (Lipinski definition) is 1. The van der Waals surface area contributed by atoms with Crippen LogP contribution in [0.5, 0.6) is 5.75 Å². The van der Waals surface area contributed by atoms with E-state index in [-0.39, 0.29) is 11.3 Å². The minimum atomic E-state index is -3.59. The molecule has 1 unspecified atom stereocenters. The van der Waals surface area contributed by atoms with Gasteiger partial charge in [-0.25, -0.2) is 0 Å². The molecule has 0 fully saturated rings. The van der Waals surface area contributed by atoms with Crippen LogP contribution in [-0.4, -0.2) is 16.5 Å². The molecule has 0 aromatic heterocycles. The van der Waals surface area contributed by atoms with Crippen molar-refractivity contribution < 1.29 is 27.4 Å². The fraction of sp³-hybridized carbons (Fsp3) is 0.400. The fourth-order valence-corrected chi connectivity index (χ4v) is 1.37. The minimum absolute atomic E-state index is 0.238. The number of halogens is 5. The molecule has 0 aliphatic heterocycles. The van der Waals surface area contributed by atoms with Gasteiger partial charge < -0.3 is 9.84 Å². The van der Waals surface area contributed by atoms with Gasteiger partial charge in [0.2, 0.25) is 0 Å². The molecule has 0 spiro atoms. The molecule has 0 aliphatic rings. The highest BCUT2D eigenvalue weighted by atomic mass is 79.9. The van der Waals surface area contributed by atoms with E-state index >= 15 is 0 Å². The summed E-state index contributed by atoms with van der Waals surface area (Å²) in [4.78, 5) is -3.59. The van der Waals surface area contributed by atoms with Gasteiger partial charge in [0, 0.05) is 0 Å². The number of benzene rings is 1. The van der Waals surface area contributed by atoms with Gasteiger partial charge >= 0.3 is 11.4 Å². The molecule has 96 valence electrons. The smallest absolute Gasteiger partial charge is 0.387 e. The second kappa shape index (κ2) is 4.81. The molecule has 0 saturated carbocycles. The predicted molar refractivity (Wildman–Crippen MR) is 56.5 cm³/mol. The van der Waals surface area contributed by atoms with Gasteiger partial charge in [0.15, 0.2) is 5.60 Å². The molecule has 2 nitrogen and oxygen atoms in total. The van der Waals surface area contributed by atoms with Crippen molar-refractivity contribution in [1.29, 1.82) is 0 Å². The summed E-state index contributed by atoms with van der Waals surface area (Å²) in [6, 6.07) is 4.53. The van der Waals surface area contributed by atoms with Crippen molar-refractivity contribution in [3.63, 3.8) is 0 Å². The Hall–Kier alpha value is -0.820. The maximum atomic E-state index is 13.1. The van der Waals surface area contributed by atoms with Crippen LogP contribution in [-0.2, 0) is 5.60 Å². The predicted octanol–water partition coefficient (Wildman–Crippen LogP) is 3.48. The van der Waals surface area contributed by atoms with Gasteiger partial charge in [-0.2, -0.15) is 17.6 Å². The third-order valence-electron chi connectivity index (χ3n) is 2.17. The molecule has 1 N–H and O–H groups in total. The van der Waals surface area contributed by atoms with Gasteiger partial charge in [-0.15, -0.1) is 0 Å². The lowest BCUT2D eigenvalue weighted by molar-refractivity contribution is -0.109. The number of aliphatic hydroxyl groups is 1. The van der Waals surface area contributed by atoms with E-state index < -0.39 is 17.0 Å². The Balaban J connectivity index is 3.07. The largest absolute Gasteiger partial charge is 0.435 e. The Morgan fingerprint density at radius 3 is 2.41 bits per heavy atom. The van der Waals surface area contributed by atoms with E-state index in [9.17, 15) is 22.7 Å². The van der Waals surface area contributed by atoms with Crippen LogP contribution < -0.4 is 4.74 Å². The molecule has 0 bridgehead atoms. The number of hydrogen-bond acceptors (Lipinski definition) is 2. The van der Waals surface area contributed by atoms with Crippen LogP contribution in [0.1, 0.15) is 12.5 Å². The number of ether oxygens (including phenoxy) is 1. The molecular weight excluding hydrogens is 308 g/mol. The van der Waals surface area contributed by atoms with E-state index in [2.05, 4.69) is 4.74 Å². The lowest BCUT2D eigenvalue weighted by atomic mass is 9.96. The highest BCUT2D eigenvalue weighted by molar-refractivity contribution is 9.10. The summed E-state index contributed by atoms with van der Waals surface area (Å²) < 4.78 is 54.1. The zero-order valence-electron chi connectivity index (χ0n) is 8.63. The summed E-state index contributed by atoms with van der Waals surface area (Å²) in [6.45, 7) is -2.19. The standard InChI is InChI=1S/C10H9BrF4O2/c1-9(16,10(11,14)15)6-3-2-4-7(5-6)17-8(12)13/h2-5,8,16H,1H3. The van der Waals surface area contributed by atoms with E-state index in [0.29, 0.717) is 0 Å². The van der Waals surface area contributed by atoms with Crippen LogP contribution in [0.2, 0.25) is 0 Å². The highest BCUT2D eigenvalue weighted by Crippen LogP contribution is 2.42. The first-order chi connectivity index (χ1) is 7.64. The molecule has 7 heteroatoms. The van der Waals surface area contributed by atoms with Gasteiger partial charge in [0.1, 0.15) is 5.75 Å². The maximum absolute atomic E-state index is 13.1. The highest BCUT2D eigenvalue weighted by Gasteiger charge is 2.48. The zero-order valence-corrected chi connectivity index (χ0v) is 10.2. The normalized spacial score (nSPS) is 15.8. The third kappa shape index (κ3) is 3.32. The minimum Gasteiger partial charge on any atom is -0.435 e. The summed E-state index contributed by atoms with van der Waals surface area (Å²) >= 11 is 2.04. The van der Waals surface area contributed by atoms with Crippen LogP contribution in [0.25, 0.3) is 0 Å². The number of rotatable bonds is 4. The Morgan fingerprint density at radius 2 is 1.94 bits per heavy atom. The number of alkyl halides is 5. The third-order valence-corrected chi connectivity index (χ3v) is 2.95. The van der Waals surface area contributed by atoms with Crippen molar-refractivity contribution in [3.8, 4) is 5.75 Å². The van der Waals surface area contributed by atoms with Crippen LogP contribution in [0, 0.1) is 0 Å². The summed E-state index contributed by atoms with van der Waals surface area (Å²) in [5.41, 5.74) is -2.77. The van der Waals surface area contributed by atoms with Crippen molar-refractivity contribution in [2.24, 2.45) is 0 Å². The van der Waals surface area contributed by atoms with Gasteiger partial charge in [-0.1, -0.05) is 12.1 Å². The van der Waals surface area contributed by atoms with Crippen LogP contribution in [0.4, 0.5) is 17.6 Å². The van der Waals surface area contributed by atoms with Gasteiger partial charge in [-0.3, -0.25) is 0 Å². The molecule has 0 saturated heterocycles. The molecule has 1 aromatic carbocycles. The Labute approximate surface area is 103 Å². The monoisotopic (exact) mass is 316 g/mol. The molecule has 0 aliphatic carbocycles. The first kappa shape index (κ1) is 14.2. The van der Waals surface area contributed by atoms with Crippen molar-refractivity contribution in [1.82, 2.24) is 0 Å². The Bertz CT molecular complexity index is 390. The second-order valence-corrected chi connectivity index (χ2v) is 4.47. The van der Waals surface area contributed by atoms with E-state index in [1.807, 2.05) is 15.9 Å². The molecule has 1 rings (SSSR count). The van der Waals surface area contributed by atoms with Crippen molar-refractivity contribution in [2.45, 2.75) is 24.0 Å². The second-order valence-electron chi connectivity index (χ2n) is 3.48. The fourth-order valence-electron chi connectivity index (χ4n) is 1.14. The molecule has 0 amide bonds. The van der Waals surface area contributed by atoms with Crippen molar-refractivity contribution in [2.75, 3.05) is 0 Å². The zero-order chi connectivity index (χ0) is 13.3. The van der Waals surface area contributed by atoms with Gasteiger partial charge in [0.05, 0.1) is 0 Å². The van der Waals surface area contributed by atoms with E-state index in [4.69, 9.17) is 0 Å². The molecule has 17 heavy (non-hydrogen) atoms. The molecule has 1 aromatic rings. The summed E-state index contributed by atoms with van der Waals surface area (Å²) in [5.74, 6) is -0.297. The van der Waals surface area contributed by atoms with E-state index in [0.717, 1.165) is 13.0 Å².